The molecule has 3 heteroatoms. The molecule has 11 heavy (non-hydrogen) atoms. The van der Waals surface area contributed by atoms with Gasteiger partial charge in [0, 0.05) is 5.56 Å². The van der Waals surface area contributed by atoms with Crippen LogP contribution in [0.25, 0.3) is 0 Å². The molecule has 0 heterocycles. The molecule has 60 valence electrons. The summed E-state index contributed by atoms with van der Waals surface area (Å²) >= 11 is 3.56. The van der Waals surface area contributed by atoms with E-state index in [0.717, 1.165) is 0 Å². The van der Waals surface area contributed by atoms with Crippen LogP contribution in [0.3, 0.4) is 0 Å². The summed E-state index contributed by atoms with van der Waals surface area (Å²) in [6.45, 7) is 0. The molecule has 1 aromatic rings. The predicted octanol–water partition coefficient (Wildman–Crippen LogP) is 2.71. The van der Waals surface area contributed by atoms with Crippen molar-refractivity contribution in [3.8, 4) is 0 Å². The Morgan fingerprint density at radius 3 is 2.18 bits per heavy atom. The molecule has 0 saturated heterocycles. The minimum atomic E-state index is -2.80. The predicted molar refractivity (Wildman–Crippen MR) is 44.2 cm³/mol. The Labute approximate surface area is 69.6 Å². The lowest BCUT2D eigenvalue weighted by Crippen LogP contribution is -2.14. The first-order valence-electron chi connectivity index (χ1n) is 3.21. The van der Waals surface area contributed by atoms with E-state index in [2.05, 4.69) is 12.6 Å². The van der Waals surface area contributed by atoms with Crippen LogP contribution in [0.2, 0.25) is 0 Å². The lowest BCUT2D eigenvalue weighted by molar-refractivity contribution is 0.0236. The molecule has 0 spiro atoms. The number of hydrogen-bond donors (Lipinski definition) is 1. The SMILES string of the molecule is FC(F)(CS)c1ccccc1. The van der Waals surface area contributed by atoms with E-state index in [-0.39, 0.29) is 5.56 Å². The first-order valence-corrected chi connectivity index (χ1v) is 3.84. The van der Waals surface area contributed by atoms with Gasteiger partial charge in [-0.1, -0.05) is 30.3 Å². The lowest BCUT2D eigenvalue weighted by atomic mass is 10.1. The van der Waals surface area contributed by atoms with E-state index >= 15 is 0 Å². The number of hydrogen-bond acceptors (Lipinski definition) is 1. The molecule has 0 fully saturated rings. The fraction of sp³-hybridized carbons (Fsp3) is 0.250. The fourth-order valence-corrected chi connectivity index (χ4v) is 0.956. The van der Waals surface area contributed by atoms with Gasteiger partial charge < -0.3 is 0 Å². The van der Waals surface area contributed by atoms with Gasteiger partial charge in [0.1, 0.15) is 0 Å². The standard InChI is InChI=1S/C8H8F2S/c9-8(10,6-11)7-4-2-1-3-5-7/h1-5,11H,6H2. The van der Waals surface area contributed by atoms with Gasteiger partial charge >= 0.3 is 0 Å². The van der Waals surface area contributed by atoms with Gasteiger partial charge in [-0.05, 0) is 0 Å². The molecule has 0 aliphatic rings. The van der Waals surface area contributed by atoms with Gasteiger partial charge in [-0.25, -0.2) is 8.78 Å². The Kier molecular flexibility index (Phi) is 2.49. The van der Waals surface area contributed by atoms with Crippen molar-refractivity contribution < 1.29 is 8.78 Å². The summed E-state index contributed by atoms with van der Waals surface area (Å²) in [7, 11) is 0. The maximum atomic E-state index is 12.8. The molecule has 1 rings (SSSR count). The maximum Gasteiger partial charge on any atom is 0.281 e. The van der Waals surface area contributed by atoms with Gasteiger partial charge in [-0.2, -0.15) is 12.6 Å². The molecule has 0 saturated carbocycles. The van der Waals surface area contributed by atoms with E-state index < -0.39 is 11.7 Å². The number of rotatable bonds is 2. The van der Waals surface area contributed by atoms with Crippen molar-refractivity contribution in [3.05, 3.63) is 35.9 Å². The van der Waals surface area contributed by atoms with E-state index in [1.54, 1.807) is 18.2 Å². The number of benzene rings is 1. The molecule has 0 radical (unpaired) electrons. The number of halogens is 2. The number of alkyl halides is 2. The third kappa shape index (κ3) is 1.93. The molecule has 0 aliphatic carbocycles. The molecular weight excluding hydrogens is 166 g/mol. The molecule has 0 amide bonds. The summed E-state index contributed by atoms with van der Waals surface area (Å²) < 4.78 is 25.6. The van der Waals surface area contributed by atoms with Gasteiger partial charge in [-0.15, -0.1) is 0 Å². The molecule has 0 bridgehead atoms. The summed E-state index contributed by atoms with van der Waals surface area (Å²) in [6.07, 6.45) is 0. The highest BCUT2D eigenvalue weighted by atomic mass is 32.1. The molecule has 0 aromatic heterocycles. The molecule has 0 N–H and O–H groups in total. The van der Waals surface area contributed by atoms with E-state index in [4.69, 9.17) is 0 Å². The third-order valence-corrected chi connectivity index (χ3v) is 1.79. The molecule has 0 atom stereocenters. The van der Waals surface area contributed by atoms with E-state index in [0.29, 0.717) is 0 Å². The van der Waals surface area contributed by atoms with Crippen LogP contribution in [0, 0.1) is 0 Å². The highest BCUT2D eigenvalue weighted by Gasteiger charge is 2.28. The monoisotopic (exact) mass is 174 g/mol. The Morgan fingerprint density at radius 1 is 1.18 bits per heavy atom. The van der Waals surface area contributed by atoms with E-state index in [1.807, 2.05) is 0 Å². The summed E-state index contributed by atoms with van der Waals surface area (Å²) in [4.78, 5) is 0. The Hall–Kier alpha value is -0.570. The minimum Gasteiger partial charge on any atom is -0.200 e. The third-order valence-electron chi connectivity index (χ3n) is 1.39. The zero-order valence-corrected chi connectivity index (χ0v) is 6.69. The average molecular weight is 174 g/mol. The number of thiol groups is 1. The van der Waals surface area contributed by atoms with Gasteiger partial charge in [0.05, 0.1) is 5.75 Å². The highest BCUT2D eigenvalue weighted by Crippen LogP contribution is 2.28. The summed E-state index contributed by atoms with van der Waals surface area (Å²) in [6, 6.07) is 7.68. The second-order valence-electron chi connectivity index (χ2n) is 2.23. The zero-order valence-electron chi connectivity index (χ0n) is 5.80. The normalized spacial score (nSPS) is 11.5. The van der Waals surface area contributed by atoms with Crippen LogP contribution in [0.1, 0.15) is 5.56 Å². The van der Waals surface area contributed by atoms with Crippen LogP contribution >= 0.6 is 12.6 Å². The van der Waals surface area contributed by atoms with E-state index in [9.17, 15) is 8.78 Å². The fourth-order valence-electron chi connectivity index (χ4n) is 0.773. The van der Waals surface area contributed by atoms with Crippen LogP contribution in [0.15, 0.2) is 30.3 Å². The van der Waals surface area contributed by atoms with Crippen LogP contribution in [-0.2, 0) is 5.92 Å². The minimum absolute atomic E-state index is 0.0231. The van der Waals surface area contributed by atoms with Crippen molar-refractivity contribution in [3.63, 3.8) is 0 Å². The largest absolute Gasteiger partial charge is 0.281 e. The highest BCUT2D eigenvalue weighted by molar-refractivity contribution is 7.80. The Balaban J connectivity index is 2.93. The molecule has 1 aromatic carbocycles. The maximum absolute atomic E-state index is 12.8. The first-order chi connectivity index (χ1) is 5.17. The van der Waals surface area contributed by atoms with Crippen molar-refractivity contribution in [1.82, 2.24) is 0 Å². The van der Waals surface area contributed by atoms with Crippen LogP contribution in [-0.4, -0.2) is 5.75 Å². The van der Waals surface area contributed by atoms with Crippen LogP contribution in [0.5, 0.6) is 0 Å². The van der Waals surface area contributed by atoms with Crippen LogP contribution in [0.4, 0.5) is 8.78 Å². The van der Waals surface area contributed by atoms with Crippen molar-refractivity contribution in [2.75, 3.05) is 5.75 Å². The molecule has 0 aliphatic heterocycles. The quantitative estimate of drug-likeness (QED) is 0.655. The van der Waals surface area contributed by atoms with Crippen molar-refractivity contribution in [1.29, 1.82) is 0 Å². The average Bonchev–Trinajstić information content (AvgIpc) is 2.06. The molecule has 0 nitrogen and oxygen atoms in total. The smallest absolute Gasteiger partial charge is 0.200 e. The van der Waals surface area contributed by atoms with E-state index in [1.165, 1.54) is 12.1 Å². The topological polar surface area (TPSA) is 0 Å². The molecule has 0 unspecified atom stereocenters. The van der Waals surface area contributed by atoms with Crippen molar-refractivity contribution in [2.45, 2.75) is 5.92 Å². The molecular formula is C8H8F2S. The van der Waals surface area contributed by atoms with Gasteiger partial charge in [-0.3, -0.25) is 0 Å². The second-order valence-corrected chi connectivity index (χ2v) is 2.54. The summed E-state index contributed by atoms with van der Waals surface area (Å²) in [5, 5.41) is 0. The summed E-state index contributed by atoms with van der Waals surface area (Å²) in [5.41, 5.74) is 0.0231. The lowest BCUT2D eigenvalue weighted by Gasteiger charge is -2.12. The Bertz CT molecular complexity index is 221. The van der Waals surface area contributed by atoms with Gasteiger partial charge in [0.15, 0.2) is 0 Å². The summed E-state index contributed by atoms with van der Waals surface area (Å²) in [5.74, 6) is -3.25. The van der Waals surface area contributed by atoms with Gasteiger partial charge in [0.2, 0.25) is 0 Å². The van der Waals surface area contributed by atoms with Crippen LogP contribution < -0.4 is 0 Å². The van der Waals surface area contributed by atoms with Crippen molar-refractivity contribution >= 4 is 12.6 Å². The first kappa shape index (κ1) is 8.53. The van der Waals surface area contributed by atoms with Gasteiger partial charge in [0.25, 0.3) is 5.92 Å². The van der Waals surface area contributed by atoms with Crippen molar-refractivity contribution in [2.24, 2.45) is 0 Å². The second kappa shape index (κ2) is 3.22. The Morgan fingerprint density at radius 2 is 1.73 bits per heavy atom. The zero-order chi connectivity index (χ0) is 8.32.